The van der Waals surface area contributed by atoms with Gasteiger partial charge < -0.3 is 5.11 Å². The van der Waals surface area contributed by atoms with Gasteiger partial charge >= 0.3 is 0 Å². The summed E-state index contributed by atoms with van der Waals surface area (Å²) < 4.78 is 0. The van der Waals surface area contributed by atoms with E-state index < -0.39 is 5.41 Å². The molecule has 3 heteroatoms. The van der Waals surface area contributed by atoms with Crippen molar-refractivity contribution in [2.75, 3.05) is 0 Å². The van der Waals surface area contributed by atoms with Crippen LogP contribution in [0.25, 0.3) is 5.76 Å². The highest BCUT2D eigenvalue weighted by atomic mass is 16.3. The van der Waals surface area contributed by atoms with E-state index in [-0.39, 0.29) is 22.9 Å². The quantitative estimate of drug-likeness (QED) is 0.156. The Hall–Kier alpha value is -3.20. The van der Waals surface area contributed by atoms with Crippen LogP contribution in [0.2, 0.25) is 0 Å². The zero-order chi connectivity index (χ0) is 26.9. The van der Waals surface area contributed by atoms with E-state index in [1.165, 1.54) is 11.1 Å². The van der Waals surface area contributed by atoms with Gasteiger partial charge in [-0.1, -0.05) is 83.0 Å². The van der Waals surface area contributed by atoms with Gasteiger partial charge in [-0.15, -0.1) is 0 Å². The van der Waals surface area contributed by atoms with Gasteiger partial charge in [-0.05, 0) is 80.6 Å². The maximum atomic E-state index is 14.1. The fourth-order valence-corrected chi connectivity index (χ4v) is 4.22. The molecule has 1 N–H and O–H groups in total. The summed E-state index contributed by atoms with van der Waals surface area (Å²) in [6, 6.07) is 8.87. The van der Waals surface area contributed by atoms with Crippen molar-refractivity contribution >= 4 is 17.3 Å². The second-order valence-corrected chi connectivity index (χ2v) is 10.6. The third-order valence-electron chi connectivity index (χ3n) is 6.44. The molecule has 0 heterocycles. The first-order valence-corrected chi connectivity index (χ1v) is 12.8. The van der Waals surface area contributed by atoms with Crippen LogP contribution in [0.15, 0.2) is 94.2 Å². The number of aliphatic hydroxyl groups is 1. The molecule has 1 aromatic rings. The van der Waals surface area contributed by atoms with Gasteiger partial charge in [0.25, 0.3) is 0 Å². The molecule has 0 saturated heterocycles. The predicted molar refractivity (Wildman–Crippen MR) is 152 cm³/mol. The lowest BCUT2D eigenvalue weighted by atomic mass is 9.67. The van der Waals surface area contributed by atoms with Crippen LogP contribution >= 0.6 is 0 Å². The van der Waals surface area contributed by atoms with Crippen molar-refractivity contribution in [1.29, 1.82) is 0 Å². The number of benzene rings is 1. The Balaban J connectivity index is 2.68. The summed E-state index contributed by atoms with van der Waals surface area (Å²) in [5.74, 6) is -0.921. The Morgan fingerprint density at radius 2 is 1.39 bits per heavy atom. The second kappa shape index (κ2) is 13.2. The van der Waals surface area contributed by atoms with Crippen molar-refractivity contribution < 1.29 is 14.7 Å². The van der Waals surface area contributed by atoms with Crippen LogP contribution in [0.1, 0.15) is 86.1 Å². The molecule has 2 rings (SSSR count). The van der Waals surface area contributed by atoms with E-state index in [0.717, 1.165) is 24.0 Å². The van der Waals surface area contributed by atoms with Crippen LogP contribution in [0.5, 0.6) is 0 Å². The molecule has 0 fully saturated rings. The minimum Gasteiger partial charge on any atom is -0.506 e. The highest BCUT2D eigenvalue weighted by Crippen LogP contribution is 2.42. The van der Waals surface area contributed by atoms with Gasteiger partial charge in [0.2, 0.25) is 0 Å². The Morgan fingerprint density at radius 3 is 1.97 bits per heavy atom. The number of carbonyl (C=O) groups excluding carboxylic acids is 2. The molecule has 1 unspecified atom stereocenters. The third kappa shape index (κ3) is 7.91. The summed E-state index contributed by atoms with van der Waals surface area (Å²) >= 11 is 0. The van der Waals surface area contributed by atoms with Crippen molar-refractivity contribution in [3.05, 3.63) is 99.7 Å². The van der Waals surface area contributed by atoms with Gasteiger partial charge in [0.15, 0.2) is 11.6 Å². The van der Waals surface area contributed by atoms with Crippen molar-refractivity contribution in [3.8, 4) is 0 Å². The zero-order valence-corrected chi connectivity index (χ0v) is 23.1. The van der Waals surface area contributed by atoms with Gasteiger partial charge in [0.1, 0.15) is 11.3 Å². The highest BCUT2D eigenvalue weighted by molar-refractivity contribution is 6.33. The molecule has 1 aromatic carbocycles. The summed E-state index contributed by atoms with van der Waals surface area (Å²) in [6.07, 6.45) is 13.6. The number of hydrogen-bond donors (Lipinski definition) is 1. The third-order valence-corrected chi connectivity index (χ3v) is 6.44. The van der Waals surface area contributed by atoms with E-state index in [0.29, 0.717) is 30.4 Å². The lowest BCUT2D eigenvalue weighted by molar-refractivity contribution is -0.126. The van der Waals surface area contributed by atoms with E-state index in [2.05, 4.69) is 39.0 Å². The van der Waals surface area contributed by atoms with E-state index >= 15 is 0 Å². The molecule has 0 aliphatic heterocycles. The average Bonchev–Trinajstić information content (AvgIpc) is 2.82. The number of Topliss-reactive ketones (excluding diaryl/α,β-unsaturated/α-hetero) is 2. The molecule has 0 aromatic heterocycles. The van der Waals surface area contributed by atoms with Gasteiger partial charge in [0, 0.05) is 11.1 Å². The summed E-state index contributed by atoms with van der Waals surface area (Å²) in [5, 5.41) is 11.2. The van der Waals surface area contributed by atoms with Crippen LogP contribution in [0.4, 0.5) is 0 Å². The fourth-order valence-electron chi connectivity index (χ4n) is 4.22. The van der Waals surface area contributed by atoms with Crippen molar-refractivity contribution in [2.24, 2.45) is 5.41 Å². The Labute approximate surface area is 217 Å². The molecular formula is C33H42O3. The van der Waals surface area contributed by atoms with E-state index in [1.807, 2.05) is 45.9 Å². The molecule has 1 aliphatic rings. The van der Waals surface area contributed by atoms with Crippen LogP contribution in [-0.2, 0) is 9.59 Å². The first-order chi connectivity index (χ1) is 17.0. The molecule has 192 valence electrons. The summed E-state index contributed by atoms with van der Waals surface area (Å²) in [7, 11) is 0. The van der Waals surface area contributed by atoms with Gasteiger partial charge in [0.05, 0.1) is 5.41 Å². The fraction of sp³-hybridized carbons (Fsp3) is 0.394. The second-order valence-electron chi connectivity index (χ2n) is 10.6. The van der Waals surface area contributed by atoms with E-state index in [9.17, 15) is 14.7 Å². The van der Waals surface area contributed by atoms with Crippen molar-refractivity contribution in [2.45, 2.75) is 80.6 Å². The molecule has 3 nitrogen and oxygen atoms in total. The normalized spacial score (nSPS) is 19.4. The number of carbonyl (C=O) groups is 2. The lowest BCUT2D eigenvalue weighted by Gasteiger charge is -2.33. The number of aliphatic hydroxyl groups excluding tert-OH is 1. The largest absolute Gasteiger partial charge is 0.506 e. The minimum absolute atomic E-state index is 0.0985. The van der Waals surface area contributed by atoms with Crippen LogP contribution in [0, 0.1) is 5.41 Å². The maximum absolute atomic E-state index is 14.1. The van der Waals surface area contributed by atoms with Gasteiger partial charge in [-0.25, -0.2) is 0 Å². The molecule has 0 bridgehead atoms. The SMILES string of the molecule is CC(C)=CCC/C(C)=C/CC1(CC=C(C)C)C=C(CC=C(C)C)C(=O)/C(=C(/O)c2ccccc2)C1=O. The monoisotopic (exact) mass is 486 g/mol. The molecule has 0 radical (unpaired) electrons. The molecule has 36 heavy (non-hydrogen) atoms. The van der Waals surface area contributed by atoms with Crippen molar-refractivity contribution in [1.82, 2.24) is 0 Å². The topological polar surface area (TPSA) is 54.4 Å². The van der Waals surface area contributed by atoms with Crippen LogP contribution in [0.3, 0.4) is 0 Å². The molecule has 0 spiro atoms. The van der Waals surface area contributed by atoms with Crippen LogP contribution < -0.4 is 0 Å². The minimum atomic E-state index is -0.925. The van der Waals surface area contributed by atoms with Gasteiger partial charge in [-0.2, -0.15) is 0 Å². The summed E-state index contributed by atoms with van der Waals surface area (Å²) in [6.45, 7) is 14.3. The van der Waals surface area contributed by atoms with Gasteiger partial charge in [-0.3, -0.25) is 9.59 Å². The van der Waals surface area contributed by atoms with Crippen molar-refractivity contribution in [3.63, 3.8) is 0 Å². The Bertz CT molecular complexity index is 1140. The smallest absolute Gasteiger partial charge is 0.196 e. The molecule has 0 saturated carbocycles. The Kier molecular flexibility index (Phi) is 10.6. The average molecular weight is 487 g/mol. The molecular weight excluding hydrogens is 444 g/mol. The van der Waals surface area contributed by atoms with E-state index in [4.69, 9.17) is 0 Å². The number of ketones is 2. The summed E-state index contributed by atoms with van der Waals surface area (Å²) in [5.41, 5.74) is 4.73. The highest BCUT2D eigenvalue weighted by Gasteiger charge is 2.45. The number of hydrogen-bond acceptors (Lipinski definition) is 3. The first kappa shape index (κ1) is 29.0. The molecule has 1 aliphatic carbocycles. The maximum Gasteiger partial charge on any atom is 0.196 e. The predicted octanol–water partition coefficient (Wildman–Crippen LogP) is 8.82. The number of allylic oxidation sites excluding steroid dienone is 11. The van der Waals surface area contributed by atoms with E-state index in [1.54, 1.807) is 24.3 Å². The lowest BCUT2D eigenvalue weighted by Crippen LogP contribution is -2.38. The molecule has 0 amide bonds. The standard InChI is InChI=1S/C33H42O3/c1-23(2)12-11-13-26(7)19-21-33(20-18-25(5)6)22-28(17-16-24(3)4)31(35)29(32(33)36)30(34)27-14-9-8-10-15-27/h8-10,12,14-16,18-19,22,34H,11,13,17,20-21H2,1-7H3/b26-19+,30-29-. The Morgan fingerprint density at radius 1 is 0.806 bits per heavy atom. The molecule has 1 atom stereocenters. The number of rotatable bonds is 10. The zero-order valence-electron chi connectivity index (χ0n) is 23.1. The first-order valence-electron chi connectivity index (χ1n) is 12.8. The summed E-state index contributed by atoms with van der Waals surface area (Å²) in [4.78, 5) is 27.7. The van der Waals surface area contributed by atoms with Crippen LogP contribution in [-0.4, -0.2) is 16.7 Å².